The zero-order chi connectivity index (χ0) is 20.3. The van der Waals surface area contributed by atoms with Crippen LogP contribution in [0.4, 0.5) is 5.69 Å². The Hall–Kier alpha value is -2.87. The molecule has 28 heavy (non-hydrogen) atoms. The van der Waals surface area contributed by atoms with E-state index in [-0.39, 0.29) is 17.4 Å². The summed E-state index contributed by atoms with van der Waals surface area (Å²) in [6.45, 7) is 5.55. The summed E-state index contributed by atoms with van der Waals surface area (Å²) in [5.41, 5.74) is 0.769. The Morgan fingerprint density at radius 2 is 1.86 bits per heavy atom. The number of anilines is 1. The third-order valence-electron chi connectivity index (χ3n) is 4.05. The van der Waals surface area contributed by atoms with Crippen molar-refractivity contribution in [1.29, 1.82) is 0 Å². The highest BCUT2D eigenvalue weighted by molar-refractivity contribution is 7.99. The highest BCUT2D eigenvalue weighted by Crippen LogP contribution is 2.24. The second-order valence-corrected chi connectivity index (χ2v) is 8.28. The first-order valence-electron chi connectivity index (χ1n) is 8.76. The van der Waals surface area contributed by atoms with Gasteiger partial charge < -0.3 is 14.3 Å². The minimum Gasteiger partial charge on any atom is -0.461 e. The Labute approximate surface area is 167 Å². The molecule has 1 N–H and O–H groups in total. The predicted octanol–water partition coefficient (Wildman–Crippen LogP) is 4.03. The predicted molar refractivity (Wildman–Crippen MR) is 108 cm³/mol. The second kappa shape index (κ2) is 8.02. The number of rotatable bonds is 6. The third kappa shape index (κ3) is 4.51. The molecule has 0 saturated heterocycles. The molecule has 146 valence electrons. The number of nitrogens with zero attached hydrogens (tertiary/aromatic N) is 3. The van der Waals surface area contributed by atoms with Crippen LogP contribution < -0.4 is 5.32 Å². The lowest BCUT2D eigenvalue weighted by Crippen LogP contribution is -2.27. The zero-order valence-corrected chi connectivity index (χ0v) is 17.0. The lowest BCUT2D eigenvalue weighted by atomic mass is 9.95. The molecule has 1 aromatic carbocycles. The number of benzene rings is 1. The number of thioether (sulfide) groups is 1. The van der Waals surface area contributed by atoms with Gasteiger partial charge in [-0.3, -0.25) is 9.59 Å². The van der Waals surface area contributed by atoms with Gasteiger partial charge in [0.05, 0.1) is 12.0 Å². The van der Waals surface area contributed by atoms with E-state index in [0.717, 1.165) is 0 Å². The summed E-state index contributed by atoms with van der Waals surface area (Å²) in [5.74, 6) is 1.37. The van der Waals surface area contributed by atoms with Gasteiger partial charge in [0.15, 0.2) is 22.5 Å². The van der Waals surface area contributed by atoms with Gasteiger partial charge in [-0.15, -0.1) is 10.2 Å². The van der Waals surface area contributed by atoms with Crippen molar-refractivity contribution in [3.8, 4) is 11.6 Å². The largest absolute Gasteiger partial charge is 0.461 e. The highest BCUT2D eigenvalue weighted by Gasteiger charge is 2.21. The fourth-order valence-corrected chi connectivity index (χ4v) is 3.14. The van der Waals surface area contributed by atoms with Crippen LogP contribution in [0.25, 0.3) is 11.6 Å². The van der Waals surface area contributed by atoms with Gasteiger partial charge in [-0.2, -0.15) is 0 Å². The smallest absolute Gasteiger partial charge is 0.229 e. The Morgan fingerprint density at radius 3 is 2.46 bits per heavy atom. The number of aromatic nitrogens is 3. The molecule has 0 bridgehead atoms. The molecule has 0 saturated carbocycles. The minimum absolute atomic E-state index is 0.0266. The van der Waals surface area contributed by atoms with E-state index >= 15 is 0 Å². The Kier molecular flexibility index (Phi) is 5.69. The van der Waals surface area contributed by atoms with E-state index < -0.39 is 5.41 Å². The highest BCUT2D eigenvalue weighted by atomic mass is 32.2. The molecule has 3 aromatic rings. The van der Waals surface area contributed by atoms with Crippen LogP contribution in [0.2, 0.25) is 0 Å². The molecule has 1 amide bonds. The molecule has 3 rings (SSSR count). The van der Waals surface area contributed by atoms with Gasteiger partial charge in [0, 0.05) is 23.7 Å². The summed E-state index contributed by atoms with van der Waals surface area (Å²) in [4.78, 5) is 24.5. The Bertz CT molecular complexity index is 970. The lowest BCUT2D eigenvalue weighted by molar-refractivity contribution is -0.123. The molecular formula is C20H22N4O3S. The molecule has 2 heterocycles. The number of hydrogen-bond donors (Lipinski definition) is 1. The average molecular weight is 398 g/mol. The molecule has 8 heteroatoms. The van der Waals surface area contributed by atoms with E-state index in [0.29, 0.717) is 28.0 Å². The van der Waals surface area contributed by atoms with Crippen molar-refractivity contribution in [1.82, 2.24) is 14.8 Å². The maximum atomic E-state index is 12.5. The van der Waals surface area contributed by atoms with Gasteiger partial charge in [0.2, 0.25) is 5.91 Å². The maximum Gasteiger partial charge on any atom is 0.229 e. The molecule has 0 aliphatic carbocycles. The van der Waals surface area contributed by atoms with Crippen LogP contribution in [0.15, 0.2) is 52.2 Å². The van der Waals surface area contributed by atoms with E-state index in [1.54, 1.807) is 41.2 Å². The van der Waals surface area contributed by atoms with Crippen LogP contribution in [0.3, 0.4) is 0 Å². The maximum absolute atomic E-state index is 12.5. The first-order valence-corrected chi connectivity index (χ1v) is 9.75. The molecule has 0 unspecified atom stereocenters. The van der Waals surface area contributed by atoms with Gasteiger partial charge >= 0.3 is 0 Å². The SMILES string of the molecule is Cn1c(SCC(=O)c2ccc(NC(=O)C(C)(C)C)cc2)nnc1-c1ccco1. The molecule has 0 aliphatic heterocycles. The first-order chi connectivity index (χ1) is 13.3. The molecule has 0 atom stereocenters. The summed E-state index contributed by atoms with van der Waals surface area (Å²) in [7, 11) is 1.83. The van der Waals surface area contributed by atoms with E-state index in [9.17, 15) is 9.59 Å². The van der Waals surface area contributed by atoms with Crippen molar-refractivity contribution in [2.24, 2.45) is 12.5 Å². The van der Waals surface area contributed by atoms with Gasteiger partial charge in [-0.05, 0) is 36.4 Å². The number of hydrogen-bond acceptors (Lipinski definition) is 6. The summed E-state index contributed by atoms with van der Waals surface area (Å²) in [5, 5.41) is 11.7. The van der Waals surface area contributed by atoms with Gasteiger partial charge in [-0.1, -0.05) is 32.5 Å². The van der Waals surface area contributed by atoms with Crippen molar-refractivity contribution >= 4 is 29.1 Å². The summed E-state index contributed by atoms with van der Waals surface area (Å²) < 4.78 is 7.13. The Balaban J connectivity index is 1.60. The van der Waals surface area contributed by atoms with E-state index in [1.165, 1.54) is 11.8 Å². The number of carbonyl (C=O) groups excluding carboxylic acids is 2. The minimum atomic E-state index is -0.476. The molecule has 7 nitrogen and oxygen atoms in total. The number of ketones is 1. The quantitative estimate of drug-likeness (QED) is 0.498. The summed E-state index contributed by atoms with van der Waals surface area (Å²) in [6.07, 6.45) is 1.58. The number of furan rings is 1. The second-order valence-electron chi connectivity index (χ2n) is 7.34. The molecule has 0 aliphatic rings. The monoisotopic (exact) mass is 398 g/mol. The van der Waals surface area contributed by atoms with Crippen molar-refractivity contribution in [2.75, 3.05) is 11.1 Å². The van der Waals surface area contributed by atoms with Crippen molar-refractivity contribution in [3.05, 3.63) is 48.2 Å². The van der Waals surface area contributed by atoms with Gasteiger partial charge in [-0.25, -0.2) is 0 Å². The van der Waals surface area contributed by atoms with Crippen LogP contribution in [-0.4, -0.2) is 32.2 Å². The topological polar surface area (TPSA) is 90.0 Å². The van der Waals surface area contributed by atoms with Crippen molar-refractivity contribution < 1.29 is 14.0 Å². The molecule has 0 radical (unpaired) electrons. The number of Topliss-reactive ketones (excluding diaryl/α,β-unsaturated/α-hetero) is 1. The van der Waals surface area contributed by atoms with Crippen molar-refractivity contribution in [3.63, 3.8) is 0 Å². The molecular weight excluding hydrogens is 376 g/mol. The van der Waals surface area contributed by atoms with Crippen molar-refractivity contribution in [2.45, 2.75) is 25.9 Å². The van der Waals surface area contributed by atoms with Crippen LogP contribution >= 0.6 is 11.8 Å². The first kappa shape index (κ1) is 19.9. The Morgan fingerprint density at radius 1 is 1.14 bits per heavy atom. The fourth-order valence-electron chi connectivity index (χ4n) is 2.33. The summed E-state index contributed by atoms with van der Waals surface area (Å²) >= 11 is 1.31. The normalized spacial score (nSPS) is 11.4. The van der Waals surface area contributed by atoms with Crippen LogP contribution in [-0.2, 0) is 11.8 Å². The molecule has 0 spiro atoms. The van der Waals surface area contributed by atoms with E-state index in [4.69, 9.17) is 4.42 Å². The van der Waals surface area contributed by atoms with Gasteiger partial charge in [0.25, 0.3) is 0 Å². The average Bonchev–Trinajstić information content (AvgIpc) is 3.29. The van der Waals surface area contributed by atoms with Crippen LogP contribution in [0, 0.1) is 5.41 Å². The number of carbonyl (C=O) groups is 2. The van der Waals surface area contributed by atoms with E-state index in [1.807, 2.05) is 33.9 Å². The molecule has 2 aromatic heterocycles. The summed E-state index contributed by atoms with van der Waals surface area (Å²) in [6, 6.07) is 10.5. The standard InChI is InChI=1S/C20H22N4O3S/c1-20(2,3)18(26)21-14-9-7-13(8-10-14)15(25)12-28-19-23-22-17(24(19)4)16-6-5-11-27-16/h5-11H,12H2,1-4H3,(H,21,26). The zero-order valence-electron chi connectivity index (χ0n) is 16.2. The molecule has 0 fully saturated rings. The number of amides is 1. The van der Waals surface area contributed by atoms with Crippen LogP contribution in [0.1, 0.15) is 31.1 Å². The van der Waals surface area contributed by atoms with Crippen LogP contribution in [0.5, 0.6) is 0 Å². The fraction of sp³-hybridized carbons (Fsp3) is 0.300. The van der Waals surface area contributed by atoms with E-state index in [2.05, 4.69) is 15.5 Å². The lowest BCUT2D eigenvalue weighted by Gasteiger charge is -2.17. The number of nitrogens with one attached hydrogen (secondary N) is 1. The van der Waals surface area contributed by atoms with Gasteiger partial charge in [0.1, 0.15) is 0 Å². The third-order valence-corrected chi connectivity index (χ3v) is 5.07.